The zero-order chi connectivity index (χ0) is 16.8. The van der Waals surface area contributed by atoms with Crippen LogP contribution in [0.3, 0.4) is 0 Å². The molecule has 24 heavy (non-hydrogen) atoms. The SMILES string of the molecule is COCc1cc(CNC(=O)C(c2ccccc2)C2CCCC2)[nH]n1. The molecule has 1 unspecified atom stereocenters. The van der Waals surface area contributed by atoms with Crippen LogP contribution >= 0.6 is 0 Å². The second-order valence-corrected chi connectivity index (χ2v) is 6.47. The minimum atomic E-state index is -0.0601. The van der Waals surface area contributed by atoms with Gasteiger partial charge in [-0.25, -0.2) is 0 Å². The first-order chi connectivity index (χ1) is 11.8. The van der Waals surface area contributed by atoms with E-state index in [1.165, 1.54) is 12.8 Å². The fourth-order valence-electron chi connectivity index (χ4n) is 3.60. The van der Waals surface area contributed by atoms with Crippen LogP contribution in [0.15, 0.2) is 36.4 Å². The van der Waals surface area contributed by atoms with Crippen molar-refractivity contribution in [2.75, 3.05) is 7.11 Å². The van der Waals surface area contributed by atoms with E-state index in [9.17, 15) is 4.79 Å². The highest BCUT2D eigenvalue weighted by atomic mass is 16.5. The van der Waals surface area contributed by atoms with Gasteiger partial charge in [0.15, 0.2) is 0 Å². The molecule has 1 heterocycles. The maximum Gasteiger partial charge on any atom is 0.228 e. The summed E-state index contributed by atoms with van der Waals surface area (Å²) >= 11 is 0. The Morgan fingerprint density at radius 1 is 1.33 bits per heavy atom. The Kier molecular flexibility index (Phi) is 5.64. The number of carbonyl (C=O) groups is 1. The number of methoxy groups -OCH3 is 1. The lowest BCUT2D eigenvalue weighted by atomic mass is 9.84. The van der Waals surface area contributed by atoms with Crippen LogP contribution in [-0.4, -0.2) is 23.2 Å². The van der Waals surface area contributed by atoms with Gasteiger partial charge in [0.2, 0.25) is 5.91 Å². The molecule has 1 aliphatic rings. The summed E-state index contributed by atoms with van der Waals surface area (Å²) in [7, 11) is 1.64. The Morgan fingerprint density at radius 2 is 2.08 bits per heavy atom. The average Bonchev–Trinajstić information content (AvgIpc) is 3.27. The number of amides is 1. The highest BCUT2D eigenvalue weighted by Gasteiger charge is 2.31. The van der Waals surface area contributed by atoms with E-state index < -0.39 is 0 Å². The summed E-state index contributed by atoms with van der Waals surface area (Å²) in [5.41, 5.74) is 2.86. The van der Waals surface area contributed by atoms with Gasteiger partial charge >= 0.3 is 0 Å². The third-order valence-electron chi connectivity index (χ3n) is 4.74. The van der Waals surface area contributed by atoms with E-state index in [1.807, 2.05) is 24.3 Å². The molecule has 1 aliphatic carbocycles. The lowest BCUT2D eigenvalue weighted by molar-refractivity contribution is -0.123. The van der Waals surface area contributed by atoms with Crippen LogP contribution < -0.4 is 5.32 Å². The molecule has 1 aromatic carbocycles. The Bertz CT molecular complexity index is 648. The molecule has 128 valence electrons. The lowest BCUT2D eigenvalue weighted by Gasteiger charge is -2.23. The number of nitrogens with zero attached hydrogens (tertiary/aromatic N) is 1. The van der Waals surface area contributed by atoms with E-state index in [-0.39, 0.29) is 11.8 Å². The molecule has 0 aliphatic heterocycles. The zero-order valence-electron chi connectivity index (χ0n) is 14.1. The molecule has 0 radical (unpaired) electrons. The van der Waals surface area contributed by atoms with Gasteiger partial charge in [0.1, 0.15) is 0 Å². The second-order valence-electron chi connectivity index (χ2n) is 6.47. The van der Waals surface area contributed by atoms with Crippen molar-refractivity contribution in [2.45, 2.75) is 44.8 Å². The van der Waals surface area contributed by atoms with Crippen LogP contribution in [0.1, 0.15) is 48.6 Å². The van der Waals surface area contributed by atoms with Crippen molar-refractivity contribution in [3.05, 3.63) is 53.3 Å². The van der Waals surface area contributed by atoms with Crippen LogP contribution in [0.2, 0.25) is 0 Å². The molecule has 0 spiro atoms. The molecular formula is C19H25N3O2. The molecule has 0 bridgehead atoms. The predicted octanol–water partition coefficient (Wildman–Crippen LogP) is 3.15. The number of hydrogen-bond acceptors (Lipinski definition) is 3. The molecule has 1 fully saturated rings. The van der Waals surface area contributed by atoms with Gasteiger partial charge in [0.25, 0.3) is 0 Å². The van der Waals surface area contributed by atoms with Crippen LogP contribution in [0.4, 0.5) is 0 Å². The van der Waals surface area contributed by atoms with Crippen LogP contribution in [0.25, 0.3) is 0 Å². The summed E-state index contributed by atoms with van der Waals surface area (Å²) in [5.74, 6) is 0.490. The topological polar surface area (TPSA) is 67.0 Å². The molecule has 3 rings (SSSR count). The molecule has 2 N–H and O–H groups in total. The summed E-state index contributed by atoms with van der Waals surface area (Å²) in [6, 6.07) is 12.1. The van der Waals surface area contributed by atoms with Crippen molar-refractivity contribution in [1.82, 2.24) is 15.5 Å². The smallest absolute Gasteiger partial charge is 0.228 e. The summed E-state index contributed by atoms with van der Waals surface area (Å²) in [5, 5.41) is 10.2. The monoisotopic (exact) mass is 327 g/mol. The number of rotatable bonds is 7. The number of nitrogens with one attached hydrogen (secondary N) is 2. The maximum atomic E-state index is 12.9. The molecule has 2 aromatic rings. The Hall–Kier alpha value is -2.14. The second kappa shape index (κ2) is 8.11. The highest BCUT2D eigenvalue weighted by Crippen LogP contribution is 2.37. The van der Waals surface area contributed by atoms with Crippen molar-refractivity contribution in [2.24, 2.45) is 5.92 Å². The highest BCUT2D eigenvalue weighted by molar-refractivity contribution is 5.84. The molecule has 1 amide bonds. The largest absolute Gasteiger partial charge is 0.378 e. The van der Waals surface area contributed by atoms with Crippen LogP contribution in [-0.2, 0) is 22.7 Å². The fraction of sp³-hybridized carbons (Fsp3) is 0.474. The van der Waals surface area contributed by atoms with E-state index >= 15 is 0 Å². The van der Waals surface area contributed by atoms with E-state index in [2.05, 4.69) is 27.6 Å². The molecule has 5 heteroatoms. The molecule has 0 saturated heterocycles. The van der Waals surface area contributed by atoms with Gasteiger partial charge in [-0.15, -0.1) is 0 Å². The fourth-order valence-corrected chi connectivity index (χ4v) is 3.60. The number of H-pyrrole nitrogens is 1. The van der Waals surface area contributed by atoms with E-state index in [4.69, 9.17) is 4.74 Å². The van der Waals surface area contributed by atoms with Gasteiger partial charge < -0.3 is 10.1 Å². The lowest BCUT2D eigenvalue weighted by Crippen LogP contribution is -2.32. The van der Waals surface area contributed by atoms with Crippen molar-refractivity contribution < 1.29 is 9.53 Å². The van der Waals surface area contributed by atoms with Gasteiger partial charge in [-0.1, -0.05) is 43.2 Å². The maximum absolute atomic E-state index is 12.9. The predicted molar refractivity (Wildman–Crippen MR) is 92.3 cm³/mol. The summed E-state index contributed by atoms with van der Waals surface area (Å²) < 4.78 is 5.06. The number of hydrogen-bond donors (Lipinski definition) is 2. The van der Waals surface area contributed by atoms with E-state index in [0.717, 1.165) is 29.8 Å². The van der Waals surface area contributed by atoms with Gasteiger partial charge in [-0.2, -0.15) is 5.10 Å². The molecular weight excluding hydrogens is 302 g/mol. The number of aromatic nitrogens is 2. The third kappa shape index (κ3) is 4.03. The zero-order valence-corrected chi connectivity index (χ0v) is 14.1. The third-order valence-corrected chi connectivity index (χ3v) is 4.74. The van der Waals surface area contributed by atoms with Crippen molar-refractivity contribution in [1.29, 1.82) is 0 Å². The van der Waals surface area contributed by atoms with Gasteiger partial charge in [-0.3, -0.25) is 9.89 Å². The summed E-state index contributed by atoms with van der Waals surface area (Å²) in [6.45, 7) is 0.935. The average molecular weight is 327 g/mol. The van der Waals surface area contributed by atoms with Crippen molar-refractivity contribution in [3.8, 4) is 0 Å². The Morgan fingerprint density at radius 3 is 2.79 bits per heavy atom. The first kappa shape index (κ1) is 16.7. The van der Waals surface area contributed by atoms with Crippen LogP contribution in [0.5, 0.6) is 0 Å². The minimum Gasteiger partial charge on any atom is -0.378 e. The summed E-state index contributed by atoms with van der Waals surface area (Å²) in [6.07, 6.45) is 4.72. The van der Waals surface area contributed by atoms with Gasteiger partial charge in [0, 0.05) is 7.11 Å². The van der Waals surface area contributed by atoms with Crippen LogP contribution in [0, 0.1) is 5.92 Å². The molecule has 1 saturated carbocycles. The summed E-state index contributed by atoms with van der Waals surface area (Å²) in [4.78, 5) is 12.9. The first-order valence-electron chi connectivity index (χ1n) is 8.62. The molecule has 5 nitrogen and oxygen atoms in total. The molecule has 1 atom stereocenters. The van der Waals surface area contributed by atoms with E-state index in [0.29, 0.717) is 19.1 Å². The van der Waals surface area contributed by atoms with Crippen molar-refractivity contribution in [3.63, 3.8) is 0 Å². The number of ether oxygens (including phenoxy) is 1. The van der Waals surface area contributed by atoms with Gasteiger partial charge in [-0.05, 0) is 30.4 Å². The minimum absolute atomic E-state index is 0.0601. The Labute approximate surface area is 142 Å². The van der Waals surface area contributed by atoms with Crippen molar-refractivity contribution >= 4 is 5.91 Å². The standard InChI is InChI=1S/C19H25N3O2/c1-24-13-17-11-16(21-22-17)12-20-19(23)18(15-9-5-6-10-15)14-7-3-2-4-8-14/h2-4,7-8,11,15,18H,5-6,9-10,12-13H2,1H3,(H,20,23)(H,21,22). The van der Waals surface area contributed by atoms with E-state index in [1.54, 1.807) is 7.11 Å². The normalized spacial score (nSPS) is 16.2. The Balaban J connectivity index is 1.66. The number of carbonyl (C=O) groups excluding carboxylic acids is 1. The number of benzene rings is 1. The molecule has 1 aromatic heterocycles. The quantitative estimate of drug-likeness (QED) is 0.821. The number of aromatic amines is 1. The first-order valence-corrected chi connectivity index (χ1v) is 8.62. The van der Waals surface area contributed by atoms with Gasteiger partial charge in [0.05, 0.1) is 30.5 Å².